The summed E-state index contributed by atoms with van der Waals surface area (Å²) in [4.78, 5) is 4.36. The molecule has 4 nitrogen and oxygen atoms in total. The molecule has 0 atom stereocenters. The maximum absolute atomic E-state index is 6.06. The molecule has 21 heavy (non-hydrogen) atoms. The van der Waals surface area contributed by atoms with Gasteiger partial charge in [0, 0.05) is 37.1 Å². The van der Waals surface area contributed by atoms with Crippen LogP contribution < -0.4 is 10.1 Å². The molecule has 0 aliphatic heterocycles. The standard InChI is InChI=1S/C17H25N3O/c1-5-20-10-9-18-16(20)12-21-17-14(4)7-6-8-15(17)11-19-13(2)3/h6-10,13,19H,5,11-12H2,1-4H3. The van der Waals surface area contributed by atoms with Crippen LogP contribution in [0, 0.1) is 6.92 Å². The van der Waals surface area contributed by atoms with Gasteiger partial charge >= 0.3 is 0 Å². The van der Waals surface area contributed by atoms with Crippen LogP contribution in [0.5, 0.6) is 5.75 Å². The van der Waals surface area contributed by atoms with Gasteiger partial charge in [0.1, 0.15) is 18.2 Å². The number of nitrogens with one attached hydrogen (secondary N) is 1. The van der Waals surface area contributed by atoms with E-state index < -0.39 is 0 Å². The first-order valence-electron chi connectivity index (χ1n) is 7.56. The first-order valence-corrected chi connectivity index (χ1v) is 7.56. The molecule has 1 aromatic carbocycles. The minimum atomic E-state index is 0.456. The summed E-state index contributed by atoms with van der Waals surface area (Å²) in [7, 11) is 0. The molecule has 1 heterocycles. The highest BCUT2D eigenvalue weighted by atomic mass is 16.5. The Balaban J connectivity index is 2.11. The third kappa shape index (κ3) is 4.08. The highest BCUT2D eigenvalue weighted by Gasteiger charge is 2.09. The minimum absolute atomic E-state index is 0.456. The number of benzene rings is 1. The van der Waals surface area contributed by atoms with Crippen molar-refractivity contribution in [3.8, 4) is 5.75 Å². The van der Waals surface area contributed by atoms with Crippen LogP contribution in [-0.2, 0) is 19.7 Å². The van der Waals surface area contributed by atoms with Crippen molar-refractivity contribution in [1.29, 1.82) is 0 Å². The van der Waals surface area contributed by atoms with Crippen molar-refractivity contribution < 1.29 is 4.74 Å². The van der Waals surface area contributed by atoms with Gasteiger partial charge in [-0.3, -0.25) is 0 Å². The van der Waals surface area contributed by atoms with Crippen LogP contribution in [-0.4, -0.2) is 15.6 Å². The van der Waals surface area contributed by atoms with Crippen LogP contribution in [0.4, 0.5) is 0 Å². The van der Waals surface area contributed by atoms with E-state index in [0.717, 1.165) is 30.2 Å². The third-order valence-corrected chi connectivity index (χ3v) is 3.48. The first-order chi connectivity index (χ1) is 10.1. The summed E-state index contributed by atoms with van der Waals surface area (Å²) in [5.41, 5.74) is 2.35. The van der Waals surface area contributed by atoms with Crippen LogP contribution in [0.25, 0.3) is 0 Å². The Bertz CT molecular complexity index is 575. The lowest BCUT2D eigenvalue weighted by atomic mass is 10.1. The zero-order chi connectivity index (χ0) is 15.2. The molecule has 0 bridgehead atoms. The summed E-state index contributed by atoms with van der Waals surface area (Å²) >= 11 is 0. The molecule has 0 unspecified atom stereocenters. The Morgan fingerprint density at radius 1 is 1.33 bits per heavy atom. The molecule has 4 heteroatoms. The first kappa shape index (κ1) is 15.6. The molecule has 2 aromatic rings. The molecule has 0 saturated carbocycles. The second kappa shape index (κ2) is 7.27. The molecule has 114 valence electrons. The number of ether oxygens (including phenoxy) is 1. The summed E-state index contributed by atoms with van der Waals surface area (Å²) in [6.45, 7) is 10.7. The average molecular weight is 287 g/mol. The Morgan fingerprint density at radius 2 is 2.14 bits per heavy atom. The van der Waals surface area contributed by atoms with E-state index in [0.29, 0.717) is 12.6 Å². The van der Waals surface area contributed by atoms with Crippen molar-refractivity contribution >= 4 is 0 Å². The van der Waals surface area contributed by atoms with E-state index >= 15 is 0 Å². The Morgan fingerprint density at radius 3 is 2.86 bits per heavy atom. The van der Waals surface area contributed by atoms with Gasteiger partial charge in [0.2, 0.25) is 0 Å². The molecule has 1 aromatic heterocycles. The predicted octanol–water partition coefficient (Wildman–Crippen LogP) is 3.29. The van der Waals surface area contributed by atoms with Crippen molar-refractivity contribution in [2.45, 2.75) is 53.4 Å². The summed E-state index contributed by atoms with van der Waals surface area (Å²) in [5.74, 6) is 1.93. The van der Waals surface area contributed by atoms with Crippen LogP contribution in [0.2, 0.25) is 0 Å². The largest absolute Gasteiger partial charge is 0.485 e. The van der Waals surface area contributed by atoms with Gasteiger partial charge in [-0.25, -0.2) is 4.98 Å². The SMILES string of the molecule is CCn1ccnc1COc1c(C)cccc1CNC(C)C. The maximum Gasteiger partial charge on any atom is 0.146 e. The summed E-state index contributed by atoms with van der Waals surface area (Å²) in [6, 6.07) is 6.73. The quantitative estimate of drug-likeness (QED) is 0.849. The van der Waals surface area contributed by atoms with Gasteiger partial charge in [-0.05, 0) is 19.4 Å². The summed E-state index contributed by atoms with van der Waals surface area (Å²) in [6.07, 6.45) is 3.80. The number of hydrogen-bond donors (Lipinski definition) is 1. The van der Waals surface area contributed by atoms with Crippen LogP contribution in [0.3, 0.4) is 0 Å². The number of nitrogens with zero attached hydrogens (tertiary/aromatic N) is 2. The summed E-state index contributed by atoms with van der Waals surface area (Å²) in [5, 5.41) is 3.44. The molecule has 0 fully saturated rings. The molecular weight excluding hydrogens is 262 g/mol. The lowest BCUT2D eigenvalue weighted by Gasteiger charge is -2.16. The second-order valence-corrected chi connectivity index (χ2v) is 5.52. The zero-order valence-corrected chi connectivity index (χ0v) is 13.4. The molecule has 2 rings (SSSR count). The van der Waals surface area contributed by atoms with E-state index in [1.807, 2.05) is 12.4 Å². The maximum atomic E-state index is 6.06. The monoisotopic (exact) mass is 287 g/mol. The van der Waals surface area contributed by atoms with E-state index in [-0.39, 0.29) is 0 Å². The molecule has 0 spiro atoms. The van der Waals surface area contributed by atoms with Crippen molar-refractivity contribution in [3.05, 3.63) is 47.5 Å². The smallest absolute Gasteiger partial charge is 0.146 e. The molecular formula is C17H25N3O. The number of aryl methyl sites for hydroxylation is 2. The van der Waals surface area contributed by atoms with E-state index in [9.17, 15) is 0 Å². The fourth-order valence-corrected chi connectivity index (χ4v) is 2.28. The van der Waals surface area contributed by atoms with E-state index in [1.165, 1.54) is 5.56 Å². The van der Waals surface area contributed by atoms with Gasteiger partial charge in [0.25, 0.3) is 0 Å². The molecule has 0 radical (unpaired) electrons. The van der Waals surface area contributed by atoms with Crippen LogP contribution in [0.15, 0.2) is 30.6 Å². The van der Waals surface area contributed by atoms with Gasteiger partial charge in [-0.2, -0.15) is 0 Å². The Hall–Kier alpha value is -1.81. The van der Waals surface area contributed by atoms with Gasteiger partial charge in [0.15, 0.2) is 0 Å². The molecule has 1 N–H and O–H groups in total. The number of imidazole rings is 1. The highest BCUT2D eigenvalue weighted by Crippen LogP contribution is 2.24. The Kier molecular flexibility index (Phi) is 5.39. The van der Waals surface area contributed by atoms with E-state index in [4.69, 9.17) is 4.74 Å². The normalized spacial score (nSPS) is 11.1. The zero-order valence-electron chi connectivity index (χ0n) is 13.4. The van der Waals surface area contributed by atoms with Gasteiger partial charge in [-0.1, -0.05) is 32.0 Å². The van der Waals surface area contributed by atoms with Crippen LogP contribution in [0.1, 0.15) is 37.7 Å². The molecule has 0 amide bonds. The summed E-state index contributed by atoms with van der Waals surface area (Å²) < 4.78 is 8.17. The minimum Gasteiger partial charge on any atom is -0.485 e. The Labute approximate surface area is 127 Å². The van der Waals surface area contributed by atoms with Crippen molar-refractivity contribution in [3.63, 3.8) is 0 Å². The fourth-order valence-electron chi connectivity index (χ4n) is 2.28. The van der Waals surface area contributed by atoms with Crippen molar-refractivity contribution in [2.75, 3.05) is 0 Å². The van der Waals surface area contributed by atoms with Gasteiger partial charge < -0.3 is 14.6 Å². The van der Waals surface area contributed by atoms with E-state index in [2.05, 4.69) is 60.8 Å². The predicted molar refractivity (Wildman–Crippen MR) is 85.4 cm³/mol. The third-order valence-electron chi connectivity index (χ3n) is 3.48. The van der Waals surface area contributed by atoms with Crippen molar-refractivity contribution in [2.24, 2.45) is 0 Å². The molecule has 0 aliphatic carbocycles. The van der Waals surface area contributed by atoms with Crippen molar-refractivity contribution in [1.82, 2.24) is 14.9 Å². The molecule has 0 saturated heterocycles. The number of hydrogen-bond acceptors (Lipinski definition) is 3. The number of para-hydroxylation sites is 1. The molecule has 0 aliphatic rings. The van der Waals surface area contributed by atoms with Gasteiger partial charge in [-0.15, -0.1) is 0 Å². The number of aromatic nitrogens is 2. The lowest BCUT2D eigenvalue weighted by Crippen LogP contribution is -2.22. The lowest BCUT2D eigenvalue weighted by molar-refractivity contribution is 0.284. The fraction of sp³-hybridized carbons (Fsp3) is 0.471. The number of rotatable bonds is 7. The second-order valence-electron chi connectivity index (χ2n) is 5.52. The average Bonchev–Trinajstić information content (AvgIpc) is 2.91. The topological polar surface area (TPSA) is 39.1 Å². The van der Waals surface area contributed by atoms with E-state index in [1.54, 1.807) is 0 Å². The van der Waals surface area contributed by atoms with Crippen LogP contribution >= 0.6 is 0 Å². The highest BCUT2D eigenvalue weighted by molar-refractivity contribution is 5.40. The van der Waals surface area contributed by atoms with Gasteiger partial charge in [0.05, 0.1) is 0 Å².